The maximum absolute atomic E-state index is 11.6. The van der Waals surface area contributed by atoms with Gasteiger partial charge in [-0.05, 0) is 36.1 Å². The van der Waals surface area contributed by atoms with Gasteiger partial charge in [0.25, 0.3) is 0 Å². The normalized spacial score (nSPS) is 12.7. The van der Waals surface area contributed by atoms with Gasteiger partial charge in [0, 0.05) is 0 Å². The van der Waals surface area contributed by atoms with Crippen molar-refractivity contribution in [1.29, 1.82) is 0 Å². The van der Waals surface area contributed by atoms with Crippen molar-refractivity contribution in [2.24, 2.45) is 0 Å². The number of benzene rings is 1. The van der Waals surface area contributed by atoms with Crippen LogP contribution >= 0.6 is 0 Å². The minimum absolute atomic E-state index is 0.249. The molecule has 0 aliphatic carbocycles. The van der Waals surface area contributed by atoms with Crippen molar-refractivity contribution in [3.05, 3.63) is 47.2 Å². The zero-order valence-electron chi connectivity index (χ0n) is 14.2. The van der Waals surface area contributed by atoms with Gasteiger partial charge in [0.1, 0.15) is 0 Å². The molecule has 116 valence electrons. The van der Waals surface area contributed by atoms with Crippen molar-refractivity contribution >= 4 is 14.0 Å². The van der Waals surface area contributed by atoms with Crippen molar-refractivity contribution in [3.63, 3.8) is 0 Å². The molecule has 3 heteroatoms. The standard InChI is InChI=1S/C18H28O2Si/c1-7-20-17(19)16-12-10-15(11-13-16)9-8-14-21(5,6)18(2,3)4/h8,10-14H,7,9H2,1-6H3/b14-8+. The van der Waals surface area contributed by atoms with E-state index in [0.29, 0.717) is 17.2 Å². The molecular formula is C18H28O2Si. The molecule has 2 nitrogen and oxygen atoms in total. The summed E-state index contributed by atoms with van der Waals surface area (Å²) in [6.07, 6.45) is 3.19. The van der Waals surface area contributed by atoms with Gasteiger partial charge in [0.2, 0.25) is 0 Å². The number of esters is 1. The summed E-state index contributed by atoms with van der Waals surface area (Å²) in [5.74, 6) is -0.249. The van der Waals surface area contributed by atoms with Crippen LogP contribution in [0.1, 0.15) is 43.6 Å². The van der Waals surface area contributed by atoms with Crippen molar-refractivity contribution in [3.8, 4) is 0 Å². The summed E-state index contributed by atoms with van der Waals surface area (Å²) in [5.41, 5.74) is 4.26. The Morgan fingerprint density at radius 3 is 2.24 bits per heavy atom. The lowest BCUT2D eigenvalue weighted by molar-refractivity contribution is 0.0526. The summed E-state index contributed by atoms with van der Waals surface area (Å²) in [7, 11) is -1.35. The Morgan fingerprint density at radius 1 is 1.19 bits per heavy atom. The van der Waals surface area contributed by atoms with E-state index >= 15 is 0 Å². The summed E-state index contributed by atoms with van der Waals surface area (Å²) in [5, 5.41) is 0.372. The highest BCUT2D eigenvalue weighted by molar-refractivity contribution is 6.84. The molecule has 1 aromatic carbocycles. The van der Waals surface area contributed by atoms with Gasteiger partial charge in [-0.3, -0.25) is 0 Å². The number of carbonyl (C=O) groups excluding carboxylic acids is 1. The molecule has 0 spiro atoms. The van der Waals surface area contributed by atoms with E-state index < -0.39 is 8.07 Å². The fraction of sp³-hybridized carbons (Fsp3) is 0.500. The smallest absolute Gasteiger partial charge is 0.338 e. The molecule has 0 saturated heterocycles. The SMILES string of the molecule is CCOC(=O)c1ccc(C/C=C/[Si](C)(C)C(C)(C)C)cc1. The molecule has 0 amide bonds. The molecule has 0 unspecified atom stereocenters. The molecule has 1 aromatic rings. The first-order chi connectivity index (χ1) is 9.67. The third-order valence-electron chi connectivity index (χ3n) is 4.29. The van der Waals surface area contributed by atoms with Gasteiger partial charge >= 0.3 is 5.97 Å². The molecule has 0 atom stereocenters. The highest BCUT2D eigenvalue weighted by atomic mass is 28.3. The van der Waals surface area contributed by atoms with E-state index in [9.17, 15) is 4.79 Å². The first-order valence-corrected chi connectivity index (χ1v) is 10.7. The Balaban J connectivity index is 2.67. The third kappa shape index (κ3) is 5.16. The zero-order chi connectivity index (χ0) is 16.1. The van der Waals surface area contributed by atoms with Gasteiger partial charge in [-0.2, -0.15) is 0 Å². The van der Waals surface area contributed by atoms with E-state index in [1.165, 1.54) is 5.56 Å². The van der Waals surface area contributed by atoms with Gasteiger partial charge in [-0.15, -0.1) is 0 Å². The van der Waals surface area contributed by atoms with Crippen LogP contribution in [0.4, 0.5) is 0 Å². The highest BCUT2D eigenvalue weighted by Crippen LogP contribution is 2.36. The van der Waals surface area contributed by atoms with Crippen LogP contribution in [-0.2, 0) is 11.2 Å². The maximum Gasteiger partial charge on any atom is 0.338 e. The molecule has 0 radical (unpaired) electrons. The van der Waals surface area contributed by atoms with Crippen LogP contribution in [0.15, 0.2) is 36.0 Å². The summed E-state index contributed by atoms with van der Waals surface area (Å²) in [4.78, 5) is 11.6. The van der Waals surface area contributed by atoms with Crippen LogP contribution < -0.4 is 0 Å². The van der Waals surface area contributed by atoms with E-state index in [4.69, 9.17) is 4.74 Å². The molecule has 21 heavy (non-hydrogen) atoms. The van der Waals surface area contributed by atoms with Crippen molar-refractivity contribution < 1.29 is 9.53 Å². The molecule has 0 saturated carbocycles. The van der Waals surface area contributed by atoms with Gasteiger partial charge in [-0.25, -0.2) is 4.79 Å². The van der Waals surface area contributed by atoms with Crippen molar-refractivity contribution in [2.75, 3.05) is 6.61 Å². The first kappa shape index (κ1) is 17.7. The van der Waals surface area contributed by atoms with E-state index in [-0.39, 0.29) is 5.97 Å². The molecule has 0 aliphatic rings. The van der Waals surface area contributed by atoms with Crippen LogP contribution in [0.2, 0.25) is 18.1 Å². The van der Waals surface area contributed by atoms with Crippen LogP contribution in [0, 0.1) is 0 Å². The maximum atomic E-state index is 11.6. The quantitative estimate of drug-likeness (QED) is 0.564. The number of carbonyl (C=O) groups is 1. The Hall–Kier alpha value is -1.35. The molecule has 1 rings (SSSR count). The second kappa shape index (κ2) is 7.08. The fourth-order valence-electron chi connectivity index (χ4n) is 1.73. The zero-order valence-corrected chi connectivity index (χ0v) is 15.2. The molecule has 0 heterocycles. The largest absolute Gasteiger partial charge is 0.462 e. The Kier molecular flexibility index (Phi) is 5.96. The van der Waals surface area contributed by atoms with Crippen molar-refractivity contribution in [2.45, 2.75) is 52.2 Å². The summed E-state index contributed by atoms with van der Waals surface area (Å²) < 4.78 is 4.98. The Labute approximate surface area is 130 Å². The molecule has 0 bridgehead atoms. The van der Waals surface area contributed by atoms with Crippen LogP contribution in [0.3, 0.4) is 0 Å². The lowest BCUT2D eigenvalue weighted by Gasteiger charge is -2.34. The summed E-state index contributed by atoms with van der Waals surface area (Å²) in [6.45, 7) is 14.0. The van der Waals surface area contributed by atoms with Gasteiger partial charge < -0.3 is 4.74 Å². The third-order valence-corrected chi connectivity index (χ3v) is 9.22. The summed E-state index contributed by atoms with van der Waals surface area (Å²) in [6, 6.07) is 7.69. The number of allylic oxidation sites excluding steroid dienone is 1. The average Bonchev–Trinajstić information content (AvgIpc) is 2.38. The number of rotatable bonds is 5. The lowest BCUT2D eigenvalue weighted by atomic mass is 10.1. The Bertz CT molecular complexity index is 493. The van der Waals surface area contributed by atoms with E-state index in [1.54, 1.807) is 0 Å². The molecular weight excluding hydrogens is 276 g/mol. The van der Waals surface area contributed by atoms with Gasteiger partial charge in [-0.1, -0.05) is 57.8 Å². The van der Waals surface area contributed by atoms with E-state index in [0.717, 1.165) is 6.42 Å². The second-order valence-corrected chi connectivity index (χ2v) is 12.3. The predicted molar refractivity (Wildman–Crippen MR) is 92.4 cm³/mol. The van der Waals surface area contributed by atoms with Gasteiger partial charge in [0.05, 0.1) is 20.2 Å². The van der Waals surface area contributed by atoms with Crippen LogP contribution in [-0.4, -0.2) is 20.7 Å². The number of hydrogen-bond acceptors (Lipinski definition) is 2. The van der Waals surface area contributed by atoms with E-state index in [2.05, 4.69) is 45.6 Å². The van der Waals surface area contributed by atoms with Crippen LogP contribution in [0.25, 0.3) is 0 Å². The fourth-order valence-corrected chi connectivity index (χ4v) is 2.94. The highest BCUT2D eigenvalue weighted by Gasteiger charge is 2.31. The van der Waals surface area contributed by atoms with Crippen LogP contribution in [0.5, 0.6) is 0 Å². The van der Waals surface area contributed by atoms with Crippen molar-refractivity contribution in [1.82, 2.24) is 0 Å². The monoisotopic (exact) mass is 304 g/mol. The molecule has 0 aromatic heterocycles. The lowest BCUT2D eigenvalue weighted by Crippen LogP contribution is -2.34. The number of hydrogen-bond donors (Lipinski definition) is 0. The predicted octanol–water partition coefficient (Wildman–Crippen LogP) is 5.01. The molecule has 0 fully saturated rings. The molecule has 0 aliphatic heterocycles. The topological polar surface area (TPSA) is 26.3 Å². The van der Waals surface area contributed by atoms with E-state index in [1.807, 2.05) is 31.2 Å². The minimum atomic E-state index is -1.35. The summed E-state index contributed by atoms with van der Waals surface area (Å²) >= 11 is 0. The second-order valence-electron chi connectivity index (χ2n) is 7.00. The molecule has 0 N–H and O–H groups in total. The first-order valence-electron chi connectivity index (χ1n) is 7.61. The minimum Gasteiger partial charge on any atom is -0.462 e. The number of ether oxygens (including phenoxy) is 1. The average molecular weight is 305 g/mol. The van der Waals surface area contributed by atoms with Gasteiger partial charge in [0.15, 0.2) is 0 Å². The Morgan fingerprint density at radius 2 is 1.76 bits per heavy atom.